The smallest absolute Gasteiger partial charge is 0.415 e. The Kier molecular flexibility index (Phi) is 6.09. The summed E-state index contributed by atoms with van der Waals surface area (Å²) in [4.78, 5) is 24.7. The van der Waals surface area contributed by atoms with E-state index in [0.717, 1.165) is 57.8 Å². The van der Waals surface area contributed by atoms with Crippen LogP contribution in [0.4, 0.5) is 8.78 Å². The Hall–Kier alpha value is -0.930. The quantitative estimate of drug-likeness (QED) is 0.255. The fourth-order valence-electron chi connectivity index (χ4n) is 6.83. The Morgan fingerprint density at radius 2 is 1.73 bits per heavy atom. The van der Waals surface area contributed by atoms with Crippen LogP contribution in [0.15, 0.2) is 0 Å². The molecule has 0 aromatic carbocycles. The maximum atomic E-state index is 13.6. The summed E-state index contributed by atoms with van der Waals surface area (Å²) in [6.45, 7) is 2.08. The number of carbonyl (C=O) groups excluding carboxylic acids is 2. The van der Waals surface area contributed by atoms with E-state index in [1.807, 2.05) is 0 Å². The van der Waals surface area contributed by atoms with Crippen LogP contribution in [0, 0.1) is 29.1 Å². The van der Waals surface area contributed by atoms with Crippen molar-refractivity contribution in [3.63, 3.8) is 0 Å². The van der Waals surface area contributed by atoms with Crippen molar-refractivity contribution in [1.29, 1.82) is 0 Å². The lowest BCUT2D eigenvalue weighted by Gasteiger charge is -2.61. The molecular weight excluding hydrogens is 418 g/mol. The Morgan fingerprint density at radius 1 is 1.10 bits per heavy atom. The van der Waals surface area contributed by atoms with Crippen LogP contribution >= 0.6 is 12.0 Å². The molecule has 5 aliphatic carbocycles. The highest BCUT2D eigenvalue weighted by Crippen LogP contribution is 2.63. The van der Waals surface area contributed by atoms with Crippen LogP contribution in [-0.2, 0) is 23.4 Å². The second-order valence-corrected chi connectivity index (χ2v) is 11.1. The molecule has 1 N–H and O–H groups in total. The molecule has 0 radical (unpaired) electrons. The molecule has 170 valence electrons. The first-order valence-electron chi connectivity index (χ1n) is 10.9. The van der Waals surface area contributed by atoms with E-state index >= 15 is 0 Å². The SMILES string of the molecule is CC1CCC(C(=O)OC23CC4CC(CC(COC(=O)C(F)(F)SOO)(C4)C2)C3)CC1. The zero-order chi connectivity index (χ0) is 21.6. The third-order valence-electron chi connectivity index (χ3n) is 7.68. The fourth-order valence-corrected chi connectivity index (χ4v) is 7.05. The second-order valence-electron chi connectivity index (χ2n) is 10.3. The average Bonchev–Trinajstić information content (AvgIpc) is 2.65. The minimum Gasteiger partial charge on any atom is -0.460 e. The van der Waals surface area contributed by atoms with Gasteiger partial charge >= 0.3 is 17.2 Å². The molecule has 5 rings (SSSR count). The lowest BCUT2D eigenvalue weighted by molar-refractivity contribution is -0.216. The Morgan fingerprint density at radius 3 is 2.33 bits per heavy atom. The van der Waals surface area contributed by atoms with Crippen molar-refractivity contribution in [3.8, 4) is 0 Å². The van der Waals surface area contributed by atoms with E-state index in [9.17, 15) is 18.4 Å². The van der Waals surface area contributed by atoms with Gasteiger partial charge in [-0.15, -0.1) is 0 Å². The third-order valence-corrected chi connectivity index (χ3v) is 8.13. The van der Waals surface area contributed by atoms with Gasteiger partial charge in [0.2, 0.25) is 0 Å². The van der Waals surface area contributed by atoms with Crippen molar-refractivity contribution in [3.05, 3.63) is 0 Å². The van der Waals surface area contributed by atoms with Gasteiger partial charge in [-0.2, -0.15) is 13.1 Å². The molecule has 5 saturated carbocycles. The van der Waals surface area contributed by atoms with E-state index in [4.69, 9.17) is 14.7 Å². The van der Waals surface area contributed by atoms with Gasteiger partial charge in [0.1, 0.15) is 17.6 Å². The largest absolute Gasteiger partial charge is 0.460 e. The first-order valence-corrected chi connectivity index (χ1v) is 11.7. The second kappa shape index (κ2) is 8.20. The van der Waals surface area contributed by atoms with Crippen LogP contribution in [0.5, 0.6) is 0 Å². The molecule has 0 aliphatic heterocycles. The van der Waals surface area contributed by atoms with Crippen molar-refractivity contribution < 1.29 is 37.4 Å². The van der Waals surface area contributed by atoms with Gasteiger partial charge in [-0.3, -0.25) is 4.79 Å². The standard InChI is InChI=1S/C21H30F2O6S/c1-13-2-4-16(5-3-13)17(24)28-20-9-14-6-15(10-20)8-19(7-14,11-20)12-27-18(25)21(22,23)30-29-26/h13-16,26H,2-12H2,1H3. The van der Waals surface area contributed by atoms with Crippen LogP contribution in [0.2, 0.25) is 0 Å². The first kappa shape index (κ1) is 22.3. The van der Waals surface area contributed by atoms with E-state index in [-0.39, 0.29) is 18.5 Å². The molecule has 0 aromatic rings. The van der Waals surface area contributed by atoms with Crippen molar-refractivity contribution >= 4 is 24.0 Å². The van der Waals surface area contributed by atoms with Crippen LogP contribution in [0.1, 0.15) is 71.1 Å². The molecule has 5 fully saturated rings. The number of alkyl halides is 2. The van der Waals surface area contributed by atoms with Crippen molar-refractivity contribution in [1.82, 2.24) is 0 Å². The summed E-state index contributed by atoms with van der Waals surface area (Å²) in [6, 6.07) is 0. The van der Waals surface area contributed by atoms with E-state index in [1.54, 1.807) is 0 Å². The predicted molar refractivity (Wildman–Crippen MR) is 104 cm³/mol. The molecule has 0 saturated heterocycles. The molecule has 6 nitrogen and oxygen atoms in total. The van der Waals surface area contributed by atoms with E-state index in [1.165, 1.54) is 0 Å². The molecule has 30 heavy (non-hydrogen) atoms. The maximum absolute atomic E-state index is 13.6. The summed E-state index contributed by atoms with van der Waals surface area (Å²) >= 11 is -0.639. The summed E-state index contributed by atoms with van der Waals surface area (Å²) < 4.78 is 41.7. The summed E-state index contributed by atoms with van der Waals surface area (Å²) in [5.74, 6) is -0.505. The molecule has 0 heterocycles. The Bertz CT molecular complexity index is 664. The molecule has 5 aliphatic rings. The van der Waals surface area contributed by atoms with Gasteiger partial charge in [0.25, 0.3) is 0 Å². The van der Waals surface area contributed by atoms with Gasteiger partial charge < -0.3 is 9.47 Å². The zero-order valence-corrected chi connectivity index (χ0v) is 18.1. The molecule has 4 bridgehead atoms. The molecule has 9 heteroatoms. The first-order chi connectivity index (χ1) is 14.1. The number of hydrogen-bond donors (Lipinski definition) is 1. The van der Waals surface area contributed by atoms with E-state index in [2.05, 4.69) is 11.3 Å². The number of ether oxygens (including phenoxy) is 2. The van der Waals surface area contributed by atoms with E-state index in [0.29, 0.717) is 24.2 Å². The van der Waals surface area contributed by atoms with Gasteiger partial charge in [-0.25, -0.2) is 10.1 Å². The third kappa shape index (κ3) is 4.48. The Balaban J connectivity index is 1.41. The molecular formula is C21H30F2O6S. The zero-order valence-electron chi connectivity index (χ0n) is 17.2. The molecule has 0 amide bonds. The number of esters is 2. The van der Waals surface area contributed by atoms with Crippen LogP contribution < -0.4 is 0 Å². The number of hydrogen-bond acceptors (Lipinski definition) is 7. The maximum Gasteiger partial charge on any atom is 0.415 e. The highest BCUT2D eigenvalue weighted by atomic mass is 32.2. The fraction of sp³-hybridized carbons (Fsp3) is 0.905. The van der Waals surface area contributed by atoms with Gasteiger partial charge in [-0.05, 0) is 82.0 Å². The van der Waals surface area contributed by atoms with Crippen LogP contribution in [0.25, 0.3) is 0 Å². The monoisotopic (exact) mass is 448 g/mol. The van der Waals surface area contributed by atoms with Crippen molar-refractivity contribution in [2.75, 3.05) is 6.61 Å². The van der Waals surface area contributed by atoms with Crippen LogP contribution in [0.3, 0.4) is 0 Å². The minimum atomic E-state index is -3.97. The summed E-state index contributed by atoms with van der Waals surface area (Å²) in [5.41, 5.74) is -0.982. The van der Waals surface area contributed by atoms with Gasteiger partial charge in [0, 0.05) is 5.41 Å². The summed E-state index contributed by atoms with van der Waals surface area (Å²) in [5, 5.41) is 4.24. The lowest BCUT2D eigenvalue weighted by atomic mass is 9.48. The van der Waals surface area contributed by atoms with Crippen molar-refractivity contribution in [2.45, 2.75) is 82.0 Å². The van der Waals surface area contributed by atoms with Gasteiger partial charge in [0.05, 0.1) is 12.5 Å². The van der Waals surface area contributed by atoms with Gasteiger partial charge in [-0.1, -0.05) is 6.92 Å². The number of halogens is 2. The average molecular weight is 449 g/mol. The Labute approximate surface area is 179 Å². The highest BCUT2D eigenvalue weighted by Gasteiger charge is 2.60. The number of rotatable bonds is 7. The normalized spacial score (nSPS) is 40.3. The molecule has 2 unspecified atom stereocenters. The number of carbonyl (C=O) groups is 2. The molecule has 0 aromatic heterocycles. The molecule has 2 atom stereocenters. The summed E-state index contributed by atoms with van der Waals surface area (Å²) in [7, 11) is 0. The molecule has 0 spiro atoms. The lowest BCUT2D eigenvalue weighted by Crippen LogP contribution is -2.59. The summed E-state index contributed by atoms with van der Waals surface area (Å²) in [6.07, 6.45) is 8.67. The van der Waals surface area contributed by atoms with E-state index < -0.39 is 34.3 Å². The minimum absolute atomic E-state index is 0.0443. The van der Waals surface area contributed by atoms with Gasteiger partial charge in [0.15, 0.2) is 0 Å². The highest BCUT2D eigenvalue weighted by molar-refractivity contribution is 7.96. The van der Waals surface area contributed by atoms with Crippen molar-refractivity contribution in [2.24, 2.45) is 29.1 Å². The predicted octanol–water partition coefficient (Wildman–Crippen LogP) is 4.97. The topological polar surface area (TPSA) is 82.1 Å². The van der Waals surface area contributed by atoms with Crippen LogP contribution in [-0.4, -0.2) is 34.7 Å².